The number of ether oxygens (including phenoxy) is 1. The Morgan fingerprint density at radius 2 is 1.61 bits per heavy atom. The van der Waals surface area contributed by atoms with E-state index in [0.29, 0.717) is 12.4 Å². The molecule has 0 aliphatic heterocycles. The summed E-state index contributed by atoms with van der Waals surface area (Å²) in [5.41, 5.74) is -3.82. The molecule has 0 aliphatic carbocycles. The van der Waals surface area contributed by atoms with E-state index in [1.807, 2.05) is 18.6 Å². The van der Waals surface area contributed by atoms with Crippen LogP contribution in [0.25, 0.3) is 0 Å². The highest BCUT2D eigenvalue weighted by atomic mass is 32.2. The van der Waals surface area contributed by atoms with Crippen LogP contribution in [0.3, 0.4) is 0 Å². The van der Waals surface area contributed by atoms with E-state index in [1.54, 1.807) is 0 Å². The van der Waals surface area contributed by atoms with Gasteiger partial charge in [0.2, 0.25) is 10.0 Å². The summed E-state index contributed by atoms with van der Waals surface area (Å²) in [6.07, 6.45) is -5.08. The molecule has 0 amide bonds. The summed E-state index contributed by atoms with van der Waals surface area (Å²) in [7, 11) is -4.28. The van der Waals surface area contributed by atoms with E-state index >= 15 is 0 Å². The zero-order valence-electron chi connectivity index (χ0n) is 15.4. The van der Waals surface area contributed by atoms with Gasteiger partial charge in [-0.3, -0.25) is 0 Å². The highest BCUT2D eigenvalue weighted by Crippen LogP contribution is 2.38. The van der Waals surface area contributed by atoms with Crippen LogP contribution in [0, 0.1) is 5.92 Å². The Morgan fingerprint density at radius 1 is 1.04 bits per heavy atom. The molecule has 0 spiro atoms. The van der Waals surface area contributed by atoms with Crippen molar-refractivity contribution in [2.75, 3.05) is 13.2 Å². The van der Waals surface area contributed by atoms with Gasteiger partial charge in [0.25, 0.3) is 0 Å². The van der Waals surface area contributed by atoms with Gasteiger partial charge in [-0.25, -0.2) is 13.1 Å². The first kappa shape index (κ1) is 22.2. The molecule has 2 aromatic carbocycles. The van der Waals surface area contributed by atoms with Crippen LogP contribution in [-0.2, 0) is 15.6 Å². The predicted octanol–water partition coefficient (Wildman–Crippen LogP) is 3.45. The summed E-state index contributed by atoms with van der Waals surface area (Å²) in [6, 6.07) is 11.6. The molecule has 0 fully saturated rings. The topological polar surface area (TPSA) is 75.6 Å². The maximum absolute atomic E-state index is 13.5. The fraction of sp³-hybridized carbons (Fsp3) is 0.368. The van der Waals surface area contributed by atoms with Crippen LogP contribution in [0.2, 0.25) is 0 Å². The first-order valence-electron chi connectivity index (χ1n) is 8.53. The zero-order chi connectivity index (χ0) is 21.0. The van der Waals surface area contributed by atoms with Gasteiger partial charge in [-0.1, -0.05) is 44.2 Å². The molecular weight excluding hydrogens is 395 g/mol. The summed E-state index contributed by atoms with van der Waals surface area (Å²) in [5, 5.41) is 10.2. The van der Waals surface area contributed by atoms with E-state index in [1.165, 1.54) is 42.5 Å². The van der Waals surface area contributed by atoms with Crippen molar-refractivity contribution < 1.29 is 31.4 Å². The van der Waals surface area contributed by atoms with E-state index < -0.39 is 33.9 Å². The van der Waals surface area contributed by atoms with Gasteiger partial charge in [0.15, 0.2) is 5.60 Å². The van der Waals surface area contributed by atoms with Crippen LogP contribution >= 0.6 is 0 Å². The van der Waals surface area contributed by atoms with Crippen molar-refractivity contribution in [2.45, 2.75) is 30.5 Å². The predicted molar refractivity (Wildman–Crippen MR) is 98.4 cm³/mol. The second-order valence-corrected chi connectivity index (χ2v) is 8.49. The summed E-state index contributed by atoms with van der Waals surface area (Å²) in [5.74, 6) is 0.729. The van der Waals surface area contributed by atoms with E-state index in [4.69, 9.17) is 4.74 Å². The molecule has 154 valence electrons. The summed E-state index contributed by atoms with van der Waals surface area (Å²) in [4.78, 5) is -0.234. The monoisotopic (exact) mass is 417 g/mol. The number of hydrogen-bond donors (Lipinski definition) is 2. The fourth-order valence-electron chi connectivity index (χ4n) is 2.34. The number of aliphatic hydroxyl groups is 1. The normalized spacial score (nSPS) is 14.7. The van der Waals surface area contributed by atoms with Crippen molar-refractivity contribution in [1.29, 1.82) is 0 Å². The molecule has 0 heterocycles. The molecule has 0 aromatic heterocycles. The standard InChI is InChI=1S/C19H22F3NO4S/c1-14(2)12-27-16-8-10-17(11-9-16)28(25,26)23-13-18(24,19(20,21)22)15-6-4-3-5-7-15/h3-11,14,23-24H,12-13H2,1-2H3. The van der Waals surface area contributed by atoms with Gasteiger partial charge in [0.05, 0.1) is 18.0 Å². The third-order valence-corrected chi connectivity index (χ3v) is 5.37. The third-order valence-electron chi connectivity index (χ3n) is 3.96. The maximum Gasteiger partial charge on any atom is 0.422 e. The summed E-state index contributed by atoms with van der Waals surface area (Å²) >= 11 is 0. The van der Waals surface area contributed by atoms with Gasteiger partial charge in [0, 0.05) is 0 Å². The number of sulfonamides is 1. The number of halogens is 3. The third kappa shape index (κ3) is 5.24. The average Bonchev–Trinajstić information content (AvgIpc) is 2.64. The molecule has 0 saturated heterocycles. The minimum absolute atomic E-state index is 0.234. The molecule has 1 atom stereocenters. The van der Waals surface area contributed by atoms with Gasteiger partial charge in [-0.15, -0.1) is 0 Å². The van der Waals surface area contributed by atoms with E-state index in [9.17, 15) is 26.7 Å². The molecule has 2 rings (SSSR count). The van der Waals surface area contributed by atoms with Crippen molar-refractivity contribution in [3.63, 3.8) is 0 Å². The van der Waals surface area contributed by atoms with Gasteiger partial charge < -0.3 is 9.84 Å². The minimum atomic E-state index is -5.08. The first-order valence-corrected chi connectivity index (χ1v) is 10.0. The Hall–Kier alpha value is -2.10. The number of rotatable bonds is 8. The van der Waals surface area contributed by atoms with Crippen LogP contribution in [0.4, 0.5) is 13.2 Å². The van der Waals surface area contributed by atoms with E-state index in [0.717, 1.165) is 12.1 Å². The zero-order valence-corrected chi connectivity index (χ0v) is 16.2. The van der Waals surface area contributed by atoms with Gasteiger partial charge in [-0.2, -0.15) is 13.2 Å². The van der Waals surface area contributed by atoms with E-state index in [-0.39, 0.29) is 10.8 Å². The quantitative estimate of drug-likeness (QED) is 0.690. The minimum Gasteiger partial charge on any atom is -0.493 e. The lowest BCUT2D eigenvalue weighted by Crippen LogP contribution is -2.50. The lowest BCUT2D eigenvalue weighted by atomic mass is 9.93. The van der Waals surface area contributed by atoms with Crippen LogP contribution in [-0.4, -0.2) is 32.9 Å². The van der Waals surface area contributed by atoms with Crippen molar-refractivity contribution >= 4 is 10.0 Å². The average molecular weight is 417 g/mol. The lowest BCUT2D eigenvalue weighted by molar-refractivity contribution is -0.263. The molecular formula is C19H22F3NO4S. The molecule has 5 nitrogen and oxygen atoms in total. The second-order valence-electron chi connectivity index (χ2n) is 6.72. The maximum atomic E-state index is 13.5. The molecule has 0 radical (unpaired) electrons. The SMILES string of the molecule is CC(C)COc1ccc(S(=O)(=O)NCC(O)(c2ccccc2)C(F)(F)F)cc1. The summed E-state index contributed by atoms with van der Waals surface area (Å²) in [6.45, 7) is 3.10. The smallest absolute Gasteiger partial charge is 0.422 e. The summed E-state index contributed by atoms with van der Waals surface area (Å²) < 4.78 is 72.5. The second kappa shape index (κ2) is 8.50. The Balaban J connectivity index is 2.18. The molecule has 28 heavy (non-hydrogen) atoms. The van der Waals surface area contributed by atoms with Crippen LogP contribution in [0.15, 0.2) is 59.5 Å². The number of nitrogens with one attached hydrogen (secondary N) is 1. The van der Waals surface area contributed by atoms with Gasteiger partial charge in [-0.05, 0) is 35.7 Å². The van der Waals surface area contributed by atoms with Crippen molar-refractivity contribution in [2.24, 2.45) is 5.92 Å². The largest absolute Gasteiger partial charge is 0.493 e. The molecule has 0 saturated carbocycles. The first-order chi connectivity index (χ1) is 13.0. The van der Waals surface area contributed by atoms with Crippen LogP contribution < -0.4 is 9.46 Å². The molecule has 0 bridgehead atoms. The fourth-order valence-corrected chi connectivity index (χ4v) is 3.40. The van der Waals surface area contributed by atoms with Crippen LogP contribution in [0.5, 0.6) is 5.75 Å². The van der Waals surface area contributed by atoms with Crippen molar-refractivity contribution in [3.05, 3.63) is 60.2 Å². The molecule has 1 unspecified atom stereocenters. The number of alkyl halides is 3. The molecule has 0 aliphatic rings. The Labute approximate surface area is 162 Å². The number of benzene rings is 2. The molecule has 2 aromatic rings. The number of hydrogen-bond acceptors (Lipinski definition) is 4. The van der Waals surface area contributed by atoms with Crippen LogP contribution in [0.1, 0.15) is 19.4 Å². The highest BCUT2D eigenvalue weighted by molar-refractivity contribution is 7.89. The highest BCUT2D eigenvalue weighted by Gasteiger charge is 2.55. The molecule has 2 N–H and O–H groups in total. The Kier molecular flexibility index (Phi) is 6.74. The molecule has 9 heteroatoms. The Bertz CT molecular complexity index is 868. The lowest BCUT2D eigenvalue weighted by Gasteiger charge is -2.31. The van der Waals surface area contributed by atoms with E-state index in [2.05, 4.69) is 0 Å². The van der Waals surface area contributed by atoms with Crippen molar-refractivity contribution in [1.82, 2.24) is 4.72 Å². The van der Waals surface area contributed by atoms with Gasteiger partial charge >= 0.3 is 6.18 Å². The van der Waals surface area contributed by atoms with Crippen molar-refractivity contribution in [3.8, 4) is 5.75 Å². The van der Waals surface area contributed by atoms with Gasteiger partial charge in [0.1, 0.15) is 5.75 Å². The Morgan fingerprint density at radius 3 is 2.11 bits per heavy atom.